The lowest BCUT2D eigenvalue weighted by molar-refractivity contribution is -0.119. The molecule has 2 amide bonds. The van der Waals surface area contributed by atoms with Crippen LogP contribution in [0.15, 0.2) is 12.2 Å². The first-order valence-electron chi connectivity index (χ1n) is 9.00. The molecule has 1 heterocycles. The Morgan fingerprint density at radius 1 is 1.30 bits per heavy atom. The third kappa shape index (κ3) is 4.14. The molecule has 1 saturated heterocycles. The number of piperidine rings is 1. The van der Waals surface area contributed by atoms with E-state index in [0.717, 1.165) is 51.0 Å². The molecular weight excluding hydrogens is 290 g/mol. The second-order valence-electron chi connectivity index (χ2n) is 6.81. The van der Waals surface area contributed by atoms with Crippen LogP contribution in [0.3, 0.4) is 0 Å². The SMILES string of the molecule is C=C1C[C@@H]2[C@@H](CC1=O)C[C@H](NC(=O)N(CC)CC)CN2CCC. The Balaban J connectivity index is 2.05. The van der Waals surface area contributed by atoms with Crippen molar-refractivity contribution >= 4 is 11.8 Å². The highest BCUT2D eigenvalue weighted by atomic mass is 16.2. The van der Waals surface area contributed by atoms with Gasteiger partial charge in [-0.1, -0.05) is 13.5 Å². The fourth-order valence-corrected chi connectivity index (χ4v) is 4.00. The van der Waals surface area contributed by atoms with E-state index >= 15 is 0 Å². The maximum atomic E-state index is 12.3. The number of nitrogens with zero attached hydrogens (tertiary/aromatic N) is 2. The highest BCUT2D eigenvalue weighted by molar-refractivity contribution is 5.95. The number of hydrogen-bond acceptors (Lipinski definition) is 3. The maximum absolute atomic E-state index is 12.3. The number of hydrogen-bond donors (Lipinski definition) is 1. The van der Waals surface area contributed by atoms with Gasteiger partial charge in [-0.15, -0.1) is 0 Å². The summed E-state index contributed by atoms with van der Waals surface area (Å²) in [5, 5.41) is 3.18. The van der Waals surface area contributed by atoms with Gasteiger partial charge in [0.1, 0.15) is 0 Å². The van der Waals surface area contributed by atoms with Gasteiger partial charge in [-0.25, -0.2) is 4.79 Å². The van der Waals surface area contributed by atoms with Crippen molar-refractivity contribution in [3.05, 3.63) is 12.2 Å². The Hall–Kier alpha value is -1.36. The Kier molecular flexibility index (Phi) is 6.22. The van der Waals surface area contributed by atoms with Crippen molar-refractivity contribution in [1.29, 1.82) is 0 Å². The molecule has 1 aliphatic carbocycles. The molecule has 2 rings (SSSR count). The van der Waals surface area contributed by atoms with Gasteiger partial charge < -0.3 is 10.2 Å². The van der Waals surface area contributed by atoms with Crippen LogP contribution in [-0.2, 0) is 4.79 Å². The molecule has 130 valence electrons. The summed E-state index contributed by atoms with van der Waals surface area (Å²) in [7, 11) is 0. The zero-order valence-electron chi connectivity index (χ0n) is 14.8. The molecule has 1 N–H and O–H groups in total. The van der Waals surface area contributed by atoms with Crippen LogP contribution in [0.5, 0.6) is 0 Å². The number of rotatable bonds is 5. The van der Waals surface area contributed by atoms with Gasteiger partial charge in [0.05, 0.1) is 0 Å². The molecule has 0 unspecified atom stereocenters. The number of Topliss-reactive ketones (excluding diaryl/α,β-unsaturated/α-hetero) is 1. The second kappa shape index (κ2) is 7.95. The molecule has 0 aromatic carbocycles. The standard InChI is InChI=1S/C18H31N3O2/c1-5-8-21-12-15(19-18(23)20(6-2)7-3)10-14-11-17(22)13(4)9-16(14)21/h14-16H,4-12H2,1-3H3,(H,19,23)/t14-,15+,16-/m1/s1. The highest BCUT2D eigenvalue weighted by Crippen LogP contribution is 2.35. The smallest absolute Gasteiger partial charge is 0.317 e. The molecule has 0 aromatic heterocycles. The lowest BCUT2D eigenvalue weighted by Gasteiger charge is -2.47. The zero-order chi connectivity index (χ0) is 17.0. The lowest BCUT2D eigenvalue weighted by Crippen LogP contribution is -2.58. The van der Waals surface area contributed by atoms with Gasteiger partial charge in [0.25, 0.3) is 0 Å². The largest absolute Gasteiger partial charge is 0.334 e. The molecule has 5 nitrogen and oxygen atoms in total. The summed E-state index contributed by atoms with van der Waals surface area (Å²) in [4.78, 5) is 28.6. The van der Waals surface area contributed by atoms with Crippen molar-refractivity contribution in [2.24, 2.45) is 5.92 Å². The molecule has 0 bridgehead atoms. The summed E-state index contributed by atoms with van der Waals surface area (Å²) in [6, 6.07) is 0.568. The third-order valence-corrected chi connectivity index (χ3v) is 5.24. The van der Waals surface area contributed by atoms with Crippen LogP contribution in [-0.4, -0.2) is 59.9 Å². The minimum atomic E-state index is 0.0152. The van der Waals surface area contributed by atoms with Gasteiger partial charge in [0.15, 0.2) is 5.78 Å². The molecule has 0 radical (unpaired) electrons. The van der Waals surface area contributed by atoms with E-state index in [0.29, 0.717) is 18.4 Å². The van der Waals surface area contributed by atoms with Gasteiger partial charge in [-0.05, 0) is 51.1 Å². The quantitative estimate of drug-likeness (QED) is 0.791. The second-order valence-corrected chi connectivity index (χ2v) is 6.81. The normalized spacial score (nSPS) is 28.4. The number of urea groups is 1. The van der Waals surface area contributed by atoms with Crippen molar-refractivity contribution in [1.82, 2.24) is 15.1 Å². The van der Waals surface area contributed by atoms with Gasteiger partial charge >= 0.3 is 6.03 Å². The van der Waals surface area contributed by atoms with Gasteiger partial charge in [0, 0.05) is 38.1 Å². The molecule has 5 heteroatoms. The molecule has 1 aliphatic heterocycles. The van der Waals surface area contributed by atoms with Crippen molar-refractivity contribution in [3.63, 3.8) is 0 Å². The number of ketones is 1. The number of carbonyl (C=O) groups is 2. The van der Waals surface area contributed by atoms with Crippen molar-refractivity contribution in [3.8, 4) is 0 Å². The minimum Gasteiger partial charge on any atom is -0.334 e. The molecule has 3 atom stereocenters. The van der Waals surface area contributed by atoms with E-state index in [1.54, 1.807) is 0 Å². The number of carbonyl (C=O) groups excluding carboxylic acids is 2. The Labute approximate surface area is 140 Å². The number of nitrogens with one attached hydrogen (secondary N) is 1. The molecule has 2 aliphatic rings. The minimum absolute atomic E-state index is 0.0152. The lowest BCUT2D eigenvalue weighted by atomic mass is 9.74. The van der Waals surface area contributed by atoms with Crippen LogP contribution >= 0.6 is 0 Å². The first kappa shape index (κ1) is 18.0. The molecule has 0 aromatic rings. The summed E-state index contributed by atoms with van der Waals surface area (Å²) < 4.78 is 0. The maximum Gasteiger partial charge on any atom is 0.317 e. The first-order chi connectivity index (χ1) is 11.0. The number of fused-ring (bicyclic) bond motifs is 1. The van der Waals surface area contributed by atoms with E-state index in [4.69, 9.17) is 0 Å². The van der Waals surface area contributed by atoms with Crippen LogP contribution in [0.2, 0.25) is 0 Å². The predicted octanol–water partition coefficient (Wildman–Crippen LogP) is 2.43. The van der Waals surface area contributed by atoms with E-state index in [1.807, 2.05) is 18.7 Å². The molecule has 0 spiro atoms. The Bertz CT molecular complexity index is 459. The average molecular weight is 321 g/mol. The molecular formula is C18H31N3O2. The third-order valence-electron chi connectivity index (χ3n) is 5.24. The van der Waals surface area contributed by atoms with Crippen molar-refractivity contribution in [2.45, 2.75) is 58.5 Å². The van der Waals surface area contributed by atoms with Crippen molar-refractivity contribution in [2.75, 3.05) is 26.2 Å². The van der Waals surface area contributed by atoms with Crippen LogP contribution in [0.4, 0.5) is 4.79 Å². The zero-order valence-corrected chi connectivity index (χ0v) is 14.8. The molecule has 1 saturated carbocycles. The van der Waals surface area contributed by atoms with Crippen LogP contribution in [0.1, 0.15) is 46.5 Å². The number of likely N-dealkylation sites (tertiary alicyclic amines) is 1. The van der Waals surface area contributed by atoms with Gasteiger partial charge in [-0.3, -0.25) is 9.69 Å². The monoisotopic (exact) mass is 321 g/mol. The molecule has 23 heavy (non-hydrogen) atoms. The topological polar surface area (TPSA) is 52.7 Å². The van der Waals surface area contributed by atoms with Crippen LogP contribution in [0, 0.1) is 5.92 Å². The van der Waals surface area contributed by atoms with E-state index in [-0.39, 0.29) is 17.9 Å². The van der Waals surface area contributed by atoms with Crippen LogP contribution in [0.25, 0.3) is 0 Å². The Morgan fingerprint density at radius 3 is 2.61 bits per heavy atom. The summed E-state index contributed by atoms with van der Waals surface area (Å²) in [5.41, 5.74) is 0.776. The van der Waals surface area contributed by atoms with E-state index in [1.165, 1.54) is 0 Å². The first-order valence-corrected chi connectivity index (χ1v) is 9.00. The average Bonchev–Trinajstić information content (AvgIpc) is 2.51. The fraction of sp³-hybridized carbons (Fsp3) is 0.778. The fourth-order valence-electron chi connectivity index (χ4n) is 4.00. The number of amides is 2. The Morgan fingerprint density at radius 2 is 2.00 bits per heavy atom. The summed E-state index contributed by atoms with van der Waals surface area (Å²) >= 11 is 0. The van der Waals surface area contributed by atoms with Crippen molar-refractivity contribution < 1.29 is 9.59 Å². The van der Waals surface area contributed by atoms with Gasteiger partial charge in [0.2, 0.25) is 0 Å². The summed E-state index contributed by atoms with van der Waals surface area (Å²) in [5.74, 6) is 0.550. The van der Waals surface area contributed by atoms with Gasteiger partial charge in [-0.2, -0.15) is 0 Å². The summed E-state index contributed by atoms with van der Waals surface area (Å²) in [6.45, 7) is 13.4. The summed E-state index contributed by atoms with van der Waals surface area (Å²) in [6.07, 6.45) is 3.36. The van der Waals surface area contributed by atoms with E-state index in [2.05, 4.69) is 23.7 Å². The van der Waals surface area contributed by atoms with E-state index < -0.39 is 0 Å². The predicted molar refractivity (Wildman–Crippen MR) is 92.4 cm³/mol. The molecule has 2 fully saturated rings. The highest BCUT2D eigenvalue weighted by Gasteiger charge is 2.41. The van der Waals surface area contributed by atoms with Crippen LogP contribution < -0.4 is 5.32 Å². The van der Waals surface area contributed by atoms with E-state index in [9.17, 15) is 9.59 Å².